The van der Waals surface area contributed by atoms with Gasteiger partial charge in [-0.1, -0.05) is 11.6 Å². The maximum Gasteiger partial charge on any atom is 0.255 e. The summed E-state index contributed by atoms with van der Waals surface area (Å²) in [5.41, 5.74) is 7.32. The summed E-state index contributed by atoms with van der Waals surface area (Å²) in [5.74, 6) is -0.325. The topological polar surface area (TPSA) is 86.2 Å². The van der Waals surface area contributed by atoms with Crippen LogP contribution in [-0.2, 0) is 6.54 Å². The first-order valence-electron chi connectivity index (χ1n) is 7.54. The number of rotatable bonds is 6. The maximum absolute atomic E-state index is 13.7. The van der Waals surface area contributed by atoms with Gasteiger partial charge in [0.15, 0.2) is 5.82 Å². The first-order chi connectivity index (χ1) is 12.0. The predicted molar refractivity (Wildman–Crippen MR) is 92.0 cm³/mol. The van der Waals surface area contributed by atoms with E-state index in [2.05, 4.69) is 10.1 Å². The van der Waals surface area contributed by atoms with Crippen LogP contribution in [0.25, 0.3) is 11.3 Å². The highest BCUT2D eigenvalue weighted by Crippen LogP contribution is 2.26. The summed E-state index contributed by atoms with van der Waals surface area (Å²) in [6.45, 7) is 0.329. The van der Waals surface area contributed by atoms with Gasteiger partial charge < -0.3 is 15.6 Å². The van der Waals surface area contributed by atoms with E-state index in [1.807, 2.05) is 18.2 Å². The van der Waals surface area contributed by atoms with Crippen molar-refractivity contribution in [1.82, 2.24) is 14.8 Å². The molecular formula is C17H16ClFN4O2. The minimum Gasteiger partial charge on any atom is -0.436 e. The molecule has 1 aromatic carbocycles. The Balaban J connectivity index is 1.72. The van der Waals surface area contributed by atoms with Crippen LogP contribution in [-0.4, -0.2) is 32.5 Å². The van der Waals surface area contributed by atoms with E-state index >= 15 is 0 Å². The molecule has 2 aromatic heterocycles. The van der Waals surface area contributed by atoms with Gasteiger partial charge in [-0.15, -0.1) is 0 Å². The highest BCUT2D eigenvalue weighted by atomic mass is 35.5. The third-order valence-corrected chi connectivity index (χ3v) is 3.64. The fourth-order valence-electron chi connectivity index (χ4n) is 2.20. The number of benzene rings is 1. The Morgan fingerprint density at radius 3 is 2.72 bits per heavy atom. The third-order valence-electron chi connectivity index (χ3n) is 3.44. The van der Waals surface area contributed by atoms with Crippen LogP contribution in [0.15, 0.2) is 48.8 Å². The van der Waals surface area contributed by atoms with Gasteiger partial charge in [0.2, 0.25) is 0 Å². The first-order valence-corrected chi connectivity index (χ1v) is 7.92. The van der Waals surface area contributed by atoms with Gasteiger partial charge in [-0.2, -0.15) is 5.10 Å². The monoisotopic (exact) mass is 362 g/mol. The fourth-order valence-corrected chi connectivity index (χ4v) is 2.34. The van der Waals surface area contributed by atoms with Gasteiger partial charge in [-0.25, -0.2) is 9.37 Å². The molecule has 0 aliphatic heterocycles. The lowest BCUT2D eigenvalue weighted by Gasteiger charge is -2.08. The maximum atomic E-state index is 13.7. The van der Waals surface area contributed by atoms with Crippen LogP contribution >= 0.6 is 11.6 Å². The molecule has 0 aliphatic rings. The molecule has 0 saturated carbocycles. The summed E-state index contributed by atoms with van der Waals surface area (Å²) >= 11 is 5.66. The molecule has 3 N–H and O–H groups in total. The second-order valence-corrected chi connectivity index (χ2v) is 5.87. The van der Waals surface area contributed by atoms with Crippen LogP contribution in [0.2, 0.25) is 5.02 Å². The number of halogens is 2. The average Bonchev–Trinajstić information content (AvgIpc) is 3.06. The van der Waals surface area contributed by atoms with Crippen molar-refractivity contribution < 1.29 is 14.2 Å². The quantitative estimate of drug-likeness (QED) is 0.704. The summed E-state index contributed by atoms with van der Waals surface area (Å²) in [7, 11) is 0. The summed E-state index contributed by atoms with van der Waals surface area (Å²) in [5, 5.41) is 13.6. The molecule has 1 unspecified atom stereocenters. The molecule has 6 nitrogen and oxygen atoms in total. The van der Waals surface area contributed by atoms with E-state index in [4.69, 9.17) is 27.2 Å². The zero-order valence-electron chi connectivity index (χ0n) is 13.1. The molecule has 130 valence electrons. The van der Waals surface area contributed by atoms with E-state index < -0.39 is 5.82 Å². The Morgan fingerprint density at radius 2 is 2.04 bits per heavy atom. The molecule has 0 saturated heterocycles. The largest absolute Gasteiger partial charge is 0.436 e. The number of aliphatic hydroxyl groups excluding tert-OH is 1. The Bertz CT molecular complexity index is 854. The summed E-state index contributed by atoms with van der Waals surface area (Å²) in [6.07, 6.45) is 3.11. The number of hydrogen-bond donors (Lipinski definition) is 2. The normalized spacial score (nSPS) is 12.2. The van der Waals surface area contributed by atoms with Gasteiger partial charge in [0, 0.05) is 24.0 Å². The first kappa shape index (κ1) is 17.3. The van der Waals surface area contributed by atoms with Crippen LogP contribution in [0.1, 0.15) is 0 Å². The molecule has 0 amide bonds. The number of aliphatic hydroxyl groups is 1. The van der Waals surface area contributed by atoms with Crippen molar-refractivity contribution in [3.05, 3.63) is 59.6 Å². The number of nitrogens with zero attached hydrogens (tertiary/aromatic N) is 3. The Hall–Kier alpha value is -2.48. The van der Waals surface area contributed by atoms with E-state index in [-0.39, 0.29) is 23.6 Å². The Morgan fingerprint density at radius 1 is 1.28 bits per heavy atom. The number of nitrogens with two attached hydrogens (primary N) is 1. The van der Waals surface area contributed by atoms with E-state index in [0.29, 0.717) is 12.3 Å². The molecule has 3 aromatic rings. The number of hydrogen-bond acceptors (Lipinski definition) is 5. The van der Waals surface area contributed by atoms with Crippen LogP contribution in [0.5, 0.6) is 11.6 Å². The van der Waals surface area contributed by atoms with Gasteiger partial charge in [-0.05, 0) is 36.4 Å². The highest BCUT2D eigenvalue weighted by molar-refractivity contribution is 6.30. The molecule has 0 radical (unpaired) electrons. The van der Waals surface area contributed by atoms with Crippen LogP contribution in [0, 0.1) is 5.82 Å². The molecule has 25 heavy (non-hydrogen) atoms. The summed E-state index contributed by atoms with van der Waals surface area (Å²) in [6, 6.07) is 9.64. The van der Waals surface area contributed by atoms with Gasteiger partial charge in [0.1, 0.15) is 5.75 Å². The molecule has 2 heterocycles. The van der Waals surface area contributed by atoms with Gasteiger partial charge in [0.05, 0.1) is 23.9 Å². The molecule has 0 spiro atoms. The van der Waals surface area contributed by atoms with Gasteiger partial charge in [-0.3, -0.25) is 4.68 Å². The second-order valence-electron chi connectivity index (χ2n) is 5.43. The zero-order chi connectivity index (χ0) is 17.8. The lowest BCUT2D eigenvalue weighted by atomic mass is 10.1. The van der Waals surface area contributed by atoms with E-state index in [1.54, 1.807) is 23.0 Å². The van der Waals surface area contributed by atoms with Crippen molar-refractivity contribution in [1.29, 1.82) is 0 Å². The Kier molecular flexibility index (Phi) is 5.28. The number of aromatic nitrogens is 3. The van der Waals surface area contributed by atoms with Gasteiger partial charge >= 0.3 is 0 Å². The SMILES string of the molecule is NC(CO)Cn1ccc(-c2ccc(Oc3ncc(Cl)cc3F)cc2)n1. The Labute approximate surface area is 148 Å². The van der Waals surface area contributed by atoms with E-state index in [0.717, 1.165) is 17.3 Å². The minimum atomic E-state index is -0.629. The zero-order valence-corrected chi connectivity index (χ0v) is 13.9. The standard InChI is InChI=1S/C17H16ClFN4O2/c18-12-7-15(19)17(21-8-12)25-14-3-1-11(2-4-14)16-5-6-23(22-16)9-13(20)10-24/h1-8,13,24H,9-10,20H2. The fraction of sp³-hybridized carbons (Fsp3) is 0.176. The molecule has 0 aliphatic carbocycles. The van der Waals surface area contributed by atoms with Crippen molar-refractivity contribution >= 4 is 11.6 Å². The summed E-state index contributed by atoms with van der Waals surface area (Å²) < 4.78 is 20.8. The van der Waals surface area contributed by atoms with Crippen LogP contribution < -0.4 is 10.5 Å². The average molecular weight is 363 g/mol. The van der Waals surface area contributed by atoms with Crippen molar-refractivity contribution in [3.63, 3.8) is 0 Å². The van der Waals surface area contributed by atoms with Crippen molar-refractivity contribution in [3.8, 4) is 22.9 Å². The van der Waals surface area contributed by atoms with Crippen molar-refractivity contribution in [2.24, 2.45) is 5.73 Å². The molecule has 0 bridgehead atoms. The van der Waals surface area contributed by atoms with E-state index in [9.17, 15) is 4.39 Å². The number of ether oxygens (including phenoxy) is 1. The second kappa shape index (κ2) is 7.60. The minimum absolute atomic E-state index is 0.101. The smallest absolute Gasteiger partial charge is 0.255 e. The predicted octanol–water partition coefficient (Wildman–Crippen LogP) is 2.85. The molecular weight excluding hydrogens is 347 g/mol. The van der Waals surface area contributed by atoms with Gasteiger partial charge in [0.25, 0.3) is 5.88 Å². The number of pyridine rings is 1. The van der Waals surface area contributed by atoms with Crippen molar-refractivity contribution in [2.75, 3.05) is 6.61 Å². The molecule has 3 rings (SSSR count). The highest BCUT2D eigenvalue weighted by Gasteiger charge is 2.09. The van der Waals surface area contributed by atoms with Crippen LogP contribution in [0.3, 0.4) is 0 Å². The van der Waals surface area contributed by atoms with Crippen molar-refractivity contribution in [2.45, 2.75) is 12.6 Å². The lowest BCUT2D eigenvalue weighted by molar-refractivity contribution is 0.251. The molecule has 0 fully saturated rings. The van der Waals surface area contributed by atoms with E-state index in [1.165, 1.54) is 6.20 Å². The third kappa shape index (κ3) is 4.33. The molecule has 1 atom stereocenters. The lowest BCUT2D eigenvalue weighted by Crippen LogP contribution is -2.30. The molecule has 8 heteroatoms. The van der Waals surface area contributed by atoms with Crippen LogP contribution in [0.4, 0.5) is 4.39 Å². The summed E-state index contributed by atoms with van der Waals surface area (Å²) in [4.78, 5) is 3.82.